The third-order valence-corrected chi connectivity index (χ3v) is 13.4. The maximum Gasteiger partial charge on any atom is 0.306 e. The fourth-order valence-electron chi connectivity index (χ4n) is 9.03. The Morgan fingerprint density at radius 3 is 1.42 bits per heavy atom. The summed E-state index contributed by atoms with van der Waals surface area (Å²) in [7, 11) is 0. The number of carboxylic acids is 1. The van der Waals surface area contributed by atoms with Crippen molar-refractivity contribution in [2.24, 2.45) is 0 Å². The van der Waals surface area contributed by atoms with Crippen molar-refractivity contribution in [1.29, 1.82) is 0 Å². The molecule has 0 radical (unpaired) electrons. The Morgan fingerprint density at radius 2 is 1.07 bits per heavy atom. The molecule has 1 saturated heterocycles. The molecule has 1 heterocycles. The third-order valence-electron chi connectivity index (χ3n) is 13.4. The Hall–Kier alpha value is -5.22. The first-order valence-electron chi connectivity index (χ1n) is 24.1. The van der Waals surface area contributed by atoms with Gasteiger partial charge in [0.25, 0.3) is 0 Å². The van der Waals surface area contributed by atoms with Gasteiger partial charge < -0.3 is 34.6 Å². The van der Waals surface area contributed by atoms with Crippen LogP contribution >= 0.6 is 0 Å². The van der Waals surface area contributed by atoms with Gasteiger partial charge in [-0.25, -0.2) is 0 Å². The lowest BCUT2D eigenvalue weighted by Crippen LogP contribution is -2.26. The standard InChI is InChI=1S/C29H40O5.C29H38O4/c1-7-29(8-2,23-10-9-22(20(3)17-23)15-16-28(5,6)33)24-11-13-26(21(4)18-24)34-19-25(30)12-14-27(31)32;1-7-29(8-2,23-10-9-22(20(3)17-23)15-16-28(5,6)31)24-11-13-26(21(4)18-24)32-19-25-12-14-27(30)33-25/h9-11,13,15-18,25,30,33H,7-8,12,14,19H2,1-6H3,(H,31,32);9-11,13,15-18,25,31H,7-8,12,14,19H2,1-6H3/b2*16-15+/t2*25-/m00/s1. The molecule has 0 unspecified atom stereocenters. The van der Waals surface area contributed by atoms with Crippen LogP contribution in [-0.2, 0) is 25.2 Å². The minimum atomic E-state index is -0.924. The molecule has 0 saturated carbocycles. The second-order valence-corrected chi connectivity index (χ2v) is 19.5. The molecular formula is C58H78O9. The molecule has 67 heavy (non-hydrogen) atoms. The lowest BCUT2D eigenvalue weighted by Gasteiger charge is -2.34. The molecule has 1 fully saturated rings. The zero-order valence-electron chi connectivity index (χ0n) is 42.3. The summed E-state index contributed by atoms with van der Waals surface area (Å²) in [4.78, 5) is 22.0. The first-order valence-corrected chi connectivity index (χ1v) is 24.1. The average Bonchev–Trinajstić information content (AvgIpc) is 3.69. The van der Waals surface area contributed by atoms with E-state index in [-0.39, 0.29) is 42.4 Å². The van der Waals surface area contributed by atoms with E-state index in [0.717, 1.165) is 65.7 Å². The van der Waals surface area contributed by atoms with Gasteiger partial charge in [-0.15, -0.1) is 0 Å². The van der Waals surface area contributed by atoms with Crippen LogP contribution in [0.2, 0.25) is 0 Å². The number of aliphatic carboxylic acids is 1. The van der Waals surface area contributed by atoms with Gasteiger partial charge in [-0.2, -0.15) is 0 Å². The first kappa shape index (κ1) is 54.4. The summed E-state index contributed by atoms with van der Waals surface area (Å²) in [5.74, 6) is 0.475. The number of carbonyl (C=O) groups excluding carboxylic acids is 1. The van der Waals surface area contributed by atoms with Crippen molar-refractivity contribution in [1.82, 2.24) is 0 Å². The predicted molar refractivity (Wildman–Crippen MR) is 271 cm³/mol. The molecule has 5 rings (SSSR count). The van der Waals surface area contributed by atoms with Gasteiger partial charge in [0.1, 0.15) is 30.8 Å². The number of aliphatic hydroxyl groups is 3. The fraction of sp³-hybridized carbons (Fsp3) is 0.483. The lowest BCUT2D eigenvalue weighted by atomic mass is 9.70. The Balaban J connectivity index is 0.000000293. The van der Waals surface area contributed by atoms with Crippen molar-refractivity contribution in [2.45, 2.75) is 169 Å². The topological polar surface area (TPSA) is 143 Å². The Labute approximate surface area is 400 Å². The minimum absolute atomic E-state index is 0.0684. The molecule has 4 N–H and O–H groups in total. The van der Waals surface area contributed by atoms with Crippen LogP contribution in [0.4, 0.5) is 0 Å². The Morgan fingerprint density at radius 1 is 0.672 bits per heavy atom. The van der Waals surface area contributed by atoms with Crippen molar-refractivity contribution >= 4 is 24.1 Å². The van der Waals surface area contributed by atoms with Crippen LogP contribution in [0.1, 0.15) is 162 Å². The summed E-state index contributed by atoms with van der Waals surface area (Å²) < 4.78 is 17.1. The van der Waals surface area contributed by atoms with E-state index >= 15 is 0 Å². The van der Waals surface area contributed by atoms with Gasteiger partial charge in [-0.05, 0) is 162 Å². The molecule has 9 heteroatoms. The van der Waals surface area contributed by atoms with Gasteiger partial charge in [0.2, 0.25) is 0 Å². The largest absolute Gasteiger partial charge is 0.491 e. The Kier molecular flexibility index (Phi) is 19.2. The number of benzene rings is 4. The highest BCUT2D eigenvalue weighted by atomic mass is 16.6. The predicted octanol–water partition coefficient (Wildman–Crippen LogP) is 12.1. The average molecular weight is 919 g/mol. The summed E-state index contributed by atoms with van der Waals surface area (Å²) in [6, 6.07) is 25.9. The molecule has 4 aromatic rings. The Bertz CT molecular complexity index is 2330. The molecular weight excluding hydrogens is 841 g/mol. The summed E-state index contributed by atoms with van der Waals surface area (Å²) in [5, 5.41) is 38.8. The fourth-order valence-corrected chi connectivity index (χ4v) is 9.03. The normalized spacial score (nSPS) is 15.1. The molecule has 1 aliphatic rings. The second-order valence-electron chi connectivity index (χ2n) is 19.5. The molecule has 0 amide bonds. The molecule has 0 spiro atoms. The zero-order valence-corrected chi connectivity index (χ0v) is 42.3. The van der Waals surface area contributed by atoms with E-state index < -0.39 is 23.3 Å². The van der Waals surface area contributed by atoms with E-state index in [4.69, 9.17) is 19.3 Å². The van der Waals surface area contributed by atoms with Gasteiger partial charge in [0.15, 0.2) is 0 Å². The monoisotopic (exact) mass is 919 g/mol. The summed E-state index contributed by atoms with van der Waals surface area (Å²) in [5.41, 5.74) is 9.78. The van der Waals surface area contributed by atoms with Crippen LogP contribution in [0.25, 0.3) is 12.2 Å². The van der Waals surface area contributed by atoms with Crippen LogP contribution in [-0.4, -0.2) is 69.0 Å². The van der Waals surface area contributed by atoms with Crippen LogP contribution < -0.4 is 9.47 Å². The van der Waals surface area contributed by atoms with E-state index in [1.165, 1.54) is 27.8 Å². The third kappa shape index (κ3) is 14.9. The molecule has 9 nitrogen and oxygen atoms in total. The van der Waals surface area contributed by atoms with Crippen molar-refractivity contribution in [3.8, 4) is 11.5 Å². The number of carboxylic acid groups (broad SMARTS) is 1. The van der Waals surface area contributed by atoms with Crippen molar-refractivity contribution in [2.75, 3.05) is 13.2 Å². The number of rotatable bonds is 21. The number of ether oxygens (including phenoxy) is 3. The van der Waals surface area contributed by atoms with E-state index in [1.807, 2.05) is 37.3 Å². The first-order chi connectivity index (χ1) is 31.5. The quantitative estimate of drug-likeness (QED) is 0.0601. The van der Waals surface area contributed by atoms with Crippen LogP contribution in [0.3, 0.4) is 0 Å². The van der Waals surface area contributed by atoms with Gasteiger partial charge in [-0.3, -0.25) is 9.59 Å². The van der Waals surface area contributed by atoms with Crippen LogP contribution in [0.15, 0.2) is 84.9 Å². The summed E-state index contributed by atoms with van der Waals surface area (Å²) in [6.07, 6.45) is 11.8. The molecule has 0 bridgehead atoms. The highest BCUT2D eigenvalue weighted by Gasteiger charge is 2.33. The van der Waals surface area contributed by atoms with Crippen molar-refractivity contribution < 1.29 is 44.2 Å². The van der Waals surface area contributed by atoms with E-state index in [1.54, 1.807) is 27.7 Å². The van der Waals surface area contributed by atoms with Crippen LogP contribution in [0.5, 0.6) is 11.5 Å². The number of carbonyl (C=O) groups is 2. The zero-order chi connectivity index (χ0) is 49.7. The van der Waals surface area contributed by atoms with Crippen molar-refractivity contribution in [3.05, 3.63) is 141 Å². The van der Waals surface area contributed by atoms with E-state index in [0.29, 0.717) is 18.8 Å². The molecule has 0 aromatic heterocycles. The maximum atomic E-state index is 11.3. The van der Waals surface area contributed by atoms with Gasteiger partial charge in [0, 0.05) is 23.7 Å². The molecule has 0 aliphatic carbocycles. The number of cyclic esters (lactones) is 1. The number of aryl methyl sites for hydroxylation is 4. The molecule has 1 aliphatic heterocycles. The number of aliphatic hydroxyl groups excluding tert-OH is 1. The smallest absolute Gasteiger partial charge is 0.306 e. The lowest BCUT2D eigenvalue weighted by molar-refractivity contribution is -0.142. The number of esters is 1. The number of hydrogen-bond acceptors (Lipinski definition) is 8. The highest BCUT2D eigenvalue weighted by molar-refractivity contribution is 5.71. The van der Waals surface area contributed by atoms with Gasteiger partial charge in [-0.1, -0.05) is 113 Å². The molecule has 4 aromatic carbocycles. The maximum absolute atomic E-state index is 11.3. The highest BCUT2D eigenvalue weighted by Crippen LogP contribution is 2.43. The molecule has 364 valence electrons. The van der Waals surface area contributed by atoms with Crippen molar-refractivity contribution in [3.63, 3.8) is 0 Å². The minimum Gasteiger partial charge on any atom is -0.491 e. The van der Waals surface area contributed by atoms with Gasteiger partial charge >= 0.3 is 11.9 Å². The molecule has 2 atom stereocenters. The van der Waals surface area contributed by atoms with Crippen LogP contribution in [0, 0.1) is 27.7 Å². The summed E-state index contributed by atoms with van der Waals surface area (Å²) >= 11 is 0. The van der Waals surface area contributed by atoms with E-state index in [9.17, 15) is 24.9 Å². The number of hydrogen-bond donors (Lipinski definition) is 4. The second kappa shape index (κ2) is 23.7. The van der Waals surface area contributed by atoms with E-state index in [2.05, 4.69) is 115 Å². The summed E-state index contributed by atoms with van der Waals surface area (Å²) in [6.45, 7) is 24.8. The SMILES string of the molecule is CCC(CC)(c1ccc(/C=C/C(C)(C)O)c(C)c1)c1ccc(OC[C@@H](O)CCC(=O)O)c(C)c1.CCC(CC)(c1ccc(/C=C/C(C)(C)O)c(C)c1)c1ccc(OC[C@@H]2CCC(=O)O2)c(C)c1. The van der Waals surface area contributed by atoms with Gasteiger partial charge in [0.05, 0.1) is 17.3 Å².